The van der Waals surface area contributed by atoms with E-state index in [1.54, 1.807) is 19.2 Å². The molecule has 0 radical (unpaired) electrons. The van der Waals surface area contributed by atoms with Crippen LogP contribution in [0.2, 0.25) is 0 Å². The monoisotopic (exact) mass is 247 g/mol. The van der Waals surface area contributed by atoms with Gasteiger partial charge in [-0.05, 0) is 31.1 Å². The van der Waals surface area contributed by atoms with Gasteiger partial charge in [-0.15, -0.1) is 0 Å². The summed E-state index contributed by atoms with van der Waals surface area (Å²) in [6, 6.07) is 7.58. The van der Waals surface area contributed by atoms with Gasteiger partial charge in [-0.3, -0.25) is 0 Å². The molecule has 1 aromatic rings. The number of carbonyl (C=O) groups excluding carboxylic acids is 1. The normalized spacial score (nSPS) is 11.0. The number of esters is 1. The van der Waals surface area contributed by atoms with Gasteiger partial charge in [0.1, 0.15) is 6.61 Å². The molecule has 0 aliphatic carbocycles. The van der Waals surface area contributed by atoms with Crippen LogP contribution in [0.1, 0.15) is 25.0 Å². The summed E-state index contributed by atoms with van der Waals surface area (Å²) in [6.45, 7) is 4.59. The Morgan fingerprint density at radius 3 is 2.44 bits per heavy atom. The Hall–Kier alpha value is -2.10. The third-order valence-corrected chi connectivity index (χ3v) is 2.04. The maximum Gasteiger partial charge on any atom is 0.330 e. The predicted molar refractivity (Wildman–Crippen MR) is 71.3 cm³/mol. The summed E-state index contributed by atoms with van der Waals surface area (Å²) in [7, 11) is 0. The fraction of sp³-hybridized carbons (Fsp3) is 0.286. The van der Waals surface area contributed by atoms with Gasteiger partial charge in [0.05, 0.1) is 12.8 Å². The van der Waals surface area contributed by atoms with Crippen molar-refractivity contribution < 1.29 is 14.4 Å². The molecule has 0 N–H and O–H groups in total. The van der Waals surface area contributed by atoms with E-state index in [4.69, 9.17) is 9.57 Å². The fourth-order valence-corrected chi connectivity index (χ4v) is 1.22. The molecular formula is C14H17NO3. The summed E-state index contributed by atoms with van der Waals surface area (Å²) in [6.07, 6.45) is 4.76. The van der Waals surface area contributed by atoms with Gasteiger partial charge in [0.25, 0.3) is 0 Å². The van der Waals surface area contributed by atoms with Gasteiger partial charge in [0, 0.05) is 6.08 Å². The number of hydrogen-bond acceptors (Lipinski definition) is 4. The highest BCUT2D eigenvalue weighted by Crippen LogP contribution is 2.05. The zero-order valence-corrected chi connectivity index (χ0v) is 10.6. The first kappa shape index (κ1) is 14.0. The Bertz CT molecular complexity index is 421. The molecule has 0 unspecified atom stereocenters. The molecule has 0 atom stereocenters. The van der Waals surface area contributed by atoms with Crippen molar-refractivity contribution in [1.29, 1.82) is 0 Å². The molecule has 0 bridgehead atoms. The van der Waals surface area contributed by atoms with E-state index in [2.05, 4.69) is 5.16 Å². The van der Waals surface area contributed by atoms with Gasteiger partial charge in [-0.1, -0.05) is 29.4 Å². The van der Waals surface area contributed by atoms with Crippen molar-refractivity contribution in [1.82, 2.24) is 0 Å². The van der Waals surface area contributed by atoms with Crippen LogP contribution in [0.5, 0.6) is 0 Å². The third kappa shape index (κ3) is 5.30. The molecule has 4 heteroatoms. The van der Waals surface area contributed by atoms with E-state index < -0.39 is 0 Å². The molecule has 96 valence electrons. The van der Waals surface area contributed by atoms with E-state index in [-0.39, 0.29) is 5.97 Å². The highest BCUT2D eigenvalue weighted by atomic mass is 16.6. The standard InChI is InChI=1S/C14H17NO3/c1-3-17-14(16)10-9-12-5-7-13(8-6-12)11-15-18-4-2/h5-11H,3-4H2,1-2H3/b10-9+,15-11+. The zero-order chi connectivity index (χ0) is 13.2. The second-order valence-electron chi connectivity index (χ2n) is 3.40. The lowest BCUT2D eigenvalue weighted by atomic mass is 10.1. The van der Waals surface area contributed by atoms with Crippen molar-refractivity contribution in [2.45, 2.75) is 13.8 Å². The average Bonchev–Trinajstić information content (AvgIpc) is 2.38. The van der Waals surface area contributed by atoms with Crippen LogP contribution in [0.15, 0.2) is 35.5 Å². The van der Waals surface area contributed by atoms with E-state index in [0.717, 1.165) is 11.1 Å². The van der Waals surface area contributed by atoms with Crippen LogP contribution >= 0.6 is 0 Å². The van der Waals surface area contributed by atoms with Gasteiger partial charge in [-0.25, -0.2) is 4.79 Å². The Morgan fingerprint density at radius 2 is 1.83 bits per heavy atom. The maximum atomic E-state index is 11.1. The van der Waals surface area contributed by atoms with Crippen molar-refractivity contribution in [2.75, 3.05) is 13.2 Å². The van der Waals surface area contributed by atoms with Crippen LogP contribution in [0.3, 0.4) is 0 Å². The van der Waals surface area contributed by atoms with Crippen LogP contribution in [-0.4, -0.2) is 25.4 Å². The molecule has 0 spiro atoms. The van der Waals surface area contributed by atoms with Gasteiger partial charge >= 0.3 is 5.97 Å². The molecule has 0 amide bonds. The number of oxime groups is 1. The quantitative estimate of drug-likeness (QED) is 0.336. The van der Waals surface area contributed by atoms with Gasteiger partial charge < -0.3 is 9.57 Å². The van der Waals surface area contributed by atoms with Crippen molar-refractivity contribution in [3.63, 3.8) is 0 Å². The van der Waals surface area contributed by atoms with Crippen molar-refractivity contribution in [3.8, 4) is 0 Å². The number of rotatable bonds is 6. The van der Waals surface area contributed by atoms with Crippen LogP contribution in [0.4, 0.5) is 0 Å². The summed E-state index contributed by atoms with van der Waals surface area (Å²) in [5.74, 6) is -0.334. The van der Waals surface area contributed by atoms with E-state index in [1.807, 2.05) is 31.2 Å². The van der Waals surface area contributed by atoms with E-state index >= 15 is 0 Å². The van der Waals surface area contributed by atoms with Gasteiger partial charge in [-0.2, -0.15) is 0 Å². The van der Waals surface area contributed by atoms with Crippen molar-refractivity contribution in [3.05, 3.63) is 41.5 Å². The minimum Gasteiger partial charge on any atom is -0.463 e. The number of hydrogen-bond donors (Lipinski definition) is 0. The van der Waals surface area contributed by atoms with Crippen LogP contribution in [0, 0.1) is 0 Å². The molecule has 0 saturated carbocycles. The molecule has 0 aliphatic heterocycles. The second kappa shape index (κ2) is 8.06. The molecule has 1 rings (SSSR count). The van der Waals surface area contributed by atoms with E-state index in [1.165, 1.54) is 6.08 Å². The lowest BCUT2D eigenvalue weighted by Crippen LogP contribution is -1.98. The lowest BCUT2D eigenvalue weighted by Gasteiger charge is -1.97. The Morgan fingerprint density at radius 1 is 1.17 bits per heavy atom. The highest BCUT2D eigenvalue weighted by Gasteiger charge is 1.94. The molecule has 18 heavy (non-hydrogen) atoms. The molecule has 4 nitrogen and oxygen atoms in total. The Kier molecular flexibility index (Phi) is 6.25. The van der Waals surface area contributed by atoms with E-state index in [9.17, 15) is 4.79 Å². The summed E-state index contributed by atoms with van der Waals surface area (Å²) < 4.78 is 4.79. The zero-order valence-electron chi connectivity index (χ0n) is 10.6. The van der Waals surface area contributed by atoms with Crippen molar-refractivity contribution in [2.24, 2.45) is 5.16 Å². The Balaban J connectivity index is 2.57. The van der Waals surface area contributed by atoms with E-state index in [0.29, 0.717) is 13.2 Å². The summed E-state index contributed by atoms with van der Waals surface area (Å²) in [5, 5.41) is 3.77. The van der Waals surface area contributed by atoms with Crippen LogP contribution in [-0.2, 0) is 14.4 Å². The lowest BCUT2D eigenvalue weighted by molar-refractivity contribution is -0.137. The maximum absolute atomic E-state index is 11.1. The predicted octanol–water partition coefficient (Wildman–Crippen LogP) is 2.63. The third-order valence-electron chi connectivity index (χ3n) is 2.04. The van der Waals surface area contributed by atoms with Crippen molar-refractivity contribution >= 4 is 18.3 Å². The van der Waals surface area contributed by atoms with Gasteiger partial charge in [0.2, 0.25) is 0 Å². The first-order chi connectivity index (χ1) is 8.76. The molecule has 1 aromatic carbocycles. The largest absolute Gasteiger partial charge is 0.463 e. The molecular weight excluding hydrogens is 230 g/mol. The minimum absolute atomic E-state index is 0.334. The second-order valence-corrected chi connectivity index (χ2v) is 3.40. The van der Waals surface area contributed by atoms with Gasteiger partial charge in [0.15, 0.2) is 0 Å². The molecule has 0 saturated heterocycles. The first-order valence-electron chi connectivity index (χ1n) is 5.86. The van der Waals surface area contributed by atoms with Crippen LogP contribution in [0.25, 0.3) is 6.08 Å². The summed E-state index contributed by atoms with van der Waals surface area (Å²) >= 11 is 0. The highest BCUT2D eigenvalue weighted by molar-refractivity contribution is 5.87. The fourth-order valence-electron chi connectivity index (χ4n) is 1.22. The molecule has 0 heterocycles. The topological polar surface area (TPSA) is 47.9 Å². The smallest absolute Gasteiger partial charge is 0.330 e. The minimum atomic E-state index is -0.334. The molecule has 0 aliphatic rings. The van der Waals surface area contributed by atoms with Crippen LogP contribution < -0.4 is 0 Å². The number of benzene rings is 1. The molecule has 0 fully saturated rings. The molecule has 0 aromatic heterocycles. The summed E-state index contributed by atoms with van der Waals surface area (Å²) in [4.78, 5) is 16.0. The first-order valence-corrected chi connectivity index (χ1v) is 5.86. The number of ether oxygens (including phenoxy) is 1. The summed E-state index contributed by atoms with van der Waals surface area (Å²) in [5.41, 5.74) is 1.87. The Labute approximate surface area is 107 Å². The average molecular weight is 247 g/mol. The SMILES string of the molecule is CCO/N=C/c1ccc(/C=C/C(=O)OCC)cc1. The number of carbonyl (C=O) groups is 1. The number of nitrogens with zero attached hydrogens (tertiary/aromatic N) is 1.